The molecule has 120 valence electrons. The lowest BCUT2D eigenvalue weighted by molar-refractivity contribution is 0.804. The maximum atomic E-state index is 2.45. The number of unbranched alkanes of at least 4 members (excludes halogenated alkanes) is 1. The number of hydrogen-bond acceptors (Lipinski definition) is 4. The molecule has 0 spiro atoms. The van der Waals surface area contributed by atoms with Crippen LogP contribution in [0.25, 0.3) is 38.6 Å². The van der Waals surface area contributed by atoms with Gasteiger partial charge in [0.2, 0.25) is 0 Å². The van der Waals surface area contributed by atoms with E-state index in [1.54, 1.807) is 4.88 Å². The Morgan fingerprint density at radius 1 is 0.792 bits per heavy atom. The van der Waals surface area contributed by atoms with Crippen molar-refractivity contribution >= 4 is 73.5 Å². The maximum Gasteiger partial charge on any atom is 0.0892 e. The summed E-state index contributed by atoms with van der Waals surface area (Å²) >= 11 is 7.93. The van der Waals surface area contributed by atoms with Gasteiger partial charge < -0.3 is 0 Å². The molecule has 0 radical (unpaired) electrons. The average molecular weight is 385 g/mol. The highest BCUT2D eigenvalue weighted by atomic mass is 32.2. The Bertz CT molecular complexity index is 1130. The number of rotatable bonds is 4. The van der Waals surface area contributed by atoms with Crippen molar-refractivity contribution in [1.82, 2.24) is 0 Å². The Balaban J connectivity index is 1.64. The highest BCUT2D eigenvalue weighted by Crippen LogP contribution is 2.50. The number of aryl methyl sites for hydroxylation is 1. The summed E-state index contributed by atoms with van der Waals surface area (Å²) < 4.78 is 5.99. The van der Waals surface area contributed by atoms with E-state index < -0.39 is 0 Å². The lowest BCUT2D eigenvalue weighted by Gasteiger charge is -1.94. The first kappa shape index (κ1) is 15.1. The third kappa shape index (κ3) is 2.36. The zero-order valence-corrected chi connectivity index (χ0v) is 16.6. The minimum Gasteiger partial charge on any atom is -0.129 e. The summed E-state index contributed by atoms with van der Waals surface area (Å²) in [6, 6.07) is 15.6. The fourth-order valence-electron chi connectivity index (χ4n) is 3.12. The molecule has 0 nitrogen and oxygen atoms in total. The standard InChI is InChI=1S/C20H16S4/c1-2-3-9-13-10-14-17-18(23-19(14)21-13)15-11-16(22-20(15)24-17)12-7-5-4-6-8-12/h4-8,10-11H,2-3,9H2,1H3. The third-order valence-electron chi connectivity index (χ3n) is 4.37. The second kappa shape index (κ2) is 5.95. The Labute approximate surface area is 157 Å². The zero-order chi connectivity index (χ0) is 16.1. The Hall–Kier alpha value is -1.20. The van der Waals surface area contributed by atoms with E-state index in [1.807, 2.05) is 45.3 Å². The van der Waals surface area contributed by atoms with Gasteiger partial charge in [-0.25, -0.2) is 0 Å². The van der Waals surface area contributed by atoms with Gasteiger partial charge in [0.05, 0.1) is 17.4 Å². The van der Waals surface area contributed by atoms with Crippen LogP contribution in [0.5, 0.6) is 0 Å². The van der Waals surface area contributed by atoms with Gasteiger partial charge in [-0.1, -0.05) is 43.7 Å². The molecule has 5 rings (SSSR count). The predicted molar refractivity (Wildman–Crippen MR) is 115 cm³/mol. The van der Waals surface area contributed by atoms with E-state index in [2.05, 4.69) is 49.4 Å². The van der Waals surface area contributed by atoms with Crippen molar-refractivity contribution in [2.75, 3.05) is 0 Å². The first-order chi connectivity index (χ1) is 11.8. The van der Waals surface area contributed by atoms with Gasteiger partial charge in [0.15, 0.2) is 0 Å². The normalized spacial score (nSPS) is 12.0. The Morgan fingerprint density at radius 3 is 2.25 bits per heavy atom. The van der Waals surface area contributed by atoms with Gasteiger partial charge in [-0.05, 0) is 30.5 Å². The summed E-state index contributed by atoms with van der Waals surface area (Å²) in [5.74, 6) is 0. The average Bonchev–Trinajstić information content (AvgIpc) is 3.32. The largest absolute Gasteiger partial charge is 0.129 e. The molecule has 0 atom stereocenters. The van der Waals surface area contributed by atoms with Crippen LogP contribution in [0.2, 0.25) is 0 Å². The van der Waals surface area contributed by atoms with E-state index in [4.69, 9.17) is 0 Å². The summed E-state index contributed by atoms with van der Waals surface area (Å²) in [5.41, 5.74) is 1.33. The number of hydrogen-bond donors (Lipinski definition) is 0. The molecule has 0 saturated carbocycles. The van der Waals surface area contributed by atoms with Crippen molar-refractivity contribution in [2.45, 2.75) is 26.2 Å². The number of benzene rings is 1. The van der Waals surface area contributed by atoms with Crippen LogP contribution in [-0.2, 0) is 6.42 Å². The zero-order valence-electron chi connectivity index (χ0n) is 13.3. The minimum atomic E-state index is 1.24. The summed E-state index contributed by atoms with van der Waals surface area (Å²) in [5, 5.41) is 2.96. The molecule has 4 heterocycles. The molecule has 0 aliphatic carbocycles. The van der Waals surface area contributed by atoms with E-state index in [0.29, 0.717) is 0 Å². The molecule has 24 heavy (non-hydrogen) atoms. The second-order valence-electron chi connectivity index (χ2n) is 6.06. The summed E-state index contributed by atoms with van der Waals surface area (Å²) in [7, 11) is 0. The van der Waals surface area contributed by atoms with E-state index >= 15 is 0 Å². The Morgan fingerprint density at radius 2 is 1.50 bits per heavy atom. The Kier molecular flexibility index (Phi) is 3.74. The molecule has 4 heteroatoms. The van der Waals surface area contributed by atoms with Gasteiger partial charge in [-0.15, -0.1) is 45.3 Å². The van der Waals surface area contributed by atoms with Crippen molar-refractivity contribution in [1.29, 1.82) is 0 Å². The van der Waals surface area contributed by atoms with Gasteiger partial charge in [-0.2, -0.15) is 0 Å². The molecule has 0 aliphatic rings. The van der Waals surface area contributed by atoms with Gasteiger partial charge in [0.25, 0.3) is 0 Å². The van der Waals surface area contributed by atoms with Crippen LogP contribution in [0.4, 0.5) is 0 Å². The second-order valence-corrected chi connectivity index (χ2v) is 10.8. The van der Waals surface area contributed by atoms with E-state index in [-0.39, 0.29) is 0 Å². The molecule has 4 aromatic heterocycles. The van der Waals surface area contributed by atoms with E-state index in [1.165, 1.54) is 57.9 Å². The molecule has 0 aliphatic heterocycles. The van der Waals surface area contributed by atoms with Crippen LogP contribution in [0.3, 0.4) is 0 Å². The molecule has 5 aromatic rings. The summed E-state index contributed by atoms with van der Waals surface area (Å²) in [4.78, 5) is 2.95. The predicted octanol–water partition coefficient (Wildman–Crippen LogP) is 8.40. The van der Waals surface area contributed by atoms with Gasteiger partial charge in [0, 0.05) is 20.5 Å². The summed E-state index contributed by atoms with van der Waals surface area (Å²) in [6.07, 6.45) is 3.82. The highest BCUT2D eigenvalue weighted by molar-refractivity contribution is 7.49. The van der Waals surface area contributed by atoms with Crippen LogP contribution in [0, 0.1) is 0 Å². The van der Waals surface area contributed by atoms with E-state index in [9.17, 15) is 0 Å². The quantitative estimate of drug-likeness (QED) is 0.292. The smallest absolute Gasteiger partial charge is 0.0892 e. The molecule has 0 saturated heterocycles. The fourth-order valence-corrected chi connectivity index (χ4v) is 8.74. The molecular formula is C20H16S4. The van der Waals surface area contributed by atoms with Crippen LogP contribution >= 0.6 is 45.3 Å². The minimum absolute atomic E-state index is 1.24. The SMILES string of the molecule is CCCCc1cc2c(s1)sc1c3cc(-c4ccccc4)sc3sc21. The molecule has 0 bridgehead atoms. The highest BCUT2D eigenvalue weighted by Gasteiger charge is 2.17. The number of thiophene rings is 4. The molecule has 0 unspecified atom stereocenters. The first-order valence-corrected chi connectivity index (χ1v) is 11.5. The van der Waals surface area contributed by atoms with Crippen molar-refractivity contribution in [2.24, 2.45) is 0 Å². The van der Waals surface area contributed by atoms with Crippen LogP contribution in [0.1, 0.15) is 24.6 Å². The van der Waals surface area contributed by atoms with Crippen LogP contribution in [0.15, 0.2) is 42.5 Å². The van der Waals surface area contributed by atoms with Crippen molar-refractivity contribution in [3.8, 4) is 10.4 Å². The molecule has 0 N–H and O–H groups in total. The summed E-state index contributed by atoms with van der Waals surface area (Å²) in [6.45, 7) is 2.27. The molecule has 1 aromatic carbocycles. The van der Waals surface area contributed by atoms with Crippen molar-refractivity contribution in [3.05, 3.63) is 47.3 Å². The third-order valence-corrected chi connectivity index (χ3v) is 9.53. The van der Waals surface area contributed by atoms with Crippen LogP contribution in [-0.4, -0.2) is 0 Å². The lowest BCUT2D eigenvalue weighted by Crippen LogP contribution is -1.76. The molecule has 0 fully saturated rings. The maximum absolute atomic E-state index is 2.45. The lowest BCUT2D eigenvalue weighted by atomic mass is 10.2. The van der Waals surface area contributed by atoms with E-state index in [0.717, 1.165) is 0 Å². The topological polar surface area (TPSA) is 0 Å². The van der Waals surface area contributed by atoms with Gasteiger partial charge >= 0.3 is 0 Å². The molecule has 0 amide bonds. The fraction of sp³-hybridized carbons (Fsp3) is 0.200. The van der Waals surface area contributed by atoms with Crippen LogP contribution < -0.4 is 0 Å². The van der Waals surface area contributed by atoms with Crippen molar-refractivity contribution in [3.63, 3.8) is 0 Å². The van der Waals surface area contributed by atoms with Gasteiger partial charge in [-0.3, -0.25) is 0 Å². The number of fused-ring (bicyclic) bond motifs is 5. The molecular weight excluding hydrogens is 368 g/mol. The van der Waals surface area contributed by atoms with Crippen molar-refractivity contribution < 1.29 is 0 Å². The van der Waals surface area contributed by atoms with Gasteiger partial charge in [0.1, 0.15) is 0 Å². The monoisotopic (exact) mass is 384 g/mol. The first-order valence-electron chi connectivity index (χ1n) is 8.26.